The van der Waals surface area contributed by atoms with E-state index in [4.69, 9.17) is 14.2 Å². The Bertz CT molecular complexity index is 1270. The van der Waals surface area contributed by atoms with Gasteiger partial charge in [-0.2, -0.15) is 4.98 Å². The average molecular weight is 402 g/mol. The summed E-state index contributed by atoms with van der Waals surface area (Å²) in [5.41, 5.74) is 0.181. The van der Waals surface area contributed by atoms with Gasteiger partial charge in [0.05, 0.1) is 4.92 Å². The number of anilines is 2. The summed E-state index contributed by atoms with van der Waals surface area (Å²) in [5.74, 6) is 1.46. The molecule has 0 bridgehead atoms. The van der Waals surface area contributed by atoms with Crippen LogP contribution in [-0.4, -0.2) is 21.7 Å². The van der Waals surface area contributed by atoms with E-state index in [-0.39, 0.29) is 24.2 Å². The molecule has 1 aromatic heterocycles. The Morgan fingerprint density at radius 1 is 1.00 bits per heavy atom. The van der Waals surface area contributed by atoms with E-state index >= 15 is 0 Å². The fourth-order valence-corrected chi connectivity index (χ4v) is 3.19. The molecule has 0 saturated carbocycles. The van der Waals surface area contributed by atoms with E-state index in [9.17, 15) is 10.1 Å². The molecular weight excluding hydrogens is 388 g/mol. The van der Waals surface area contributed by atoms with Gasteiger partial charge in [-0.05, 0) is 23.6 Å². The first-order chi connectivity index (χ1) is 14.7. The number of fused-ring (bicyclic) bond motifs is 2. The molecule has 30 heavy (non-hydrogen) atoms. The third-order valence-electron chi connectivity index (χ3n) is 4.56. The summed E-state index contributed by atoms with van der Waals surface area (Å²) in [7, 11) is 0. The third-order valence-corrected chi connectivity index (χ3v) is 4.56. The van der Waals surface area contributed by atoms with Gasteiger partial charge in [0.25, 0.3) is 0 Å². The molecule has 0 amide bonds. The molecule has 0 aliphatic carbocycles. The number of nitrogens with one attached hydrogen (secondary N) is 1. The molecule has 0 radical (unpaired) electrons. The van der Waals surface area contributed by atoms with Crippen molar-refractivity contribution in [2.24, 2.45) is 0 Å². The normalized spacial score (nSPS) is 12.0. The fraction of sp³-hybridized carbons (Fsp3) is 0.0476. The number of rotatable bonds is 5. The molecule has 0 saturated heterocycles. The molecule has 5 rings (SSSR count). The highest BCUT2D eigenvalue weighted by Gasteiger charge is 2.26. The Morgan fingerprint density at radius 2 is 1.83 bits per heavy atom. The number of hydrogen-bond acceptors (Lipinski definition) is 8. The lowest BCUT2D eigenvalue weighted by Gasteiger charge is -2.11. The zero-order valence-electron chi connectivity index (χ0n) is 15.4. The number of nitrogens with zero attached hydrogens (tertiary/aromatic N) is 3. The van der Waals surface area contributed by atoms with Gasteiger partial charge in [-0.1, -0.05) is 36.4 Å². The predicted molar refractivity (Wildman–Crippen MR) is 109 cm³/mol. The number of ether oxygens (including phenoxy) is 3. The zero-order valence-corrected chi connectivity index (χ0v) is 15.4. The van der Waals surface area contributed by atoms with Crippen LogP contribution in [0.2, 0.25) is 0 Å². The Hall–Kier alpha value is -4.40. The molecule has 4 aromatic rings. The van der Waals surface area contributed by atoms with Crippen LogP contribution in [0.15, 0.2) is 67.0 Å². The quantitative estimate of drug-likeness (QED) is 0.374. The van der Waals surface area contributed by atoms with Crippen molar-refractivity contribution in [1.82, 2.24) is 9.97 Å². The Morgan fingerprint density at radius 3 is 2.73 bits per heavy atom. The van der Waals surface area contributed by atoms with Crippen molar-refractivity contribution in [3.05, 3.63) is 77.1 Å². The van der Waals surface area contributed by atoms with Crippen molar-refractivity contribution in [2.45, 2.75) is 0 Å². The highest BCUT2D eigenvalue weighted by Crippen LogP contribution is 2.39. The Balaban J connectivity index is 1.53. The van der Waals surface area contributed by atoms with Crippen LogP contribution in [0, 0.1) is 10.1 Å². The van der Waals surface area contributed by atoms with Crippen LogP contribution in [0.25, 0.3) is 10.8 Å². The molecule has 1 N–H and O–H groups in total. The summed E-state index contributed by atoms with van der Waals surface area (Å²) in [5, 5.41) is 16.5. The van der Waals surface area contributed by atoms with Gasteiger partial charge in [0.2, 0.25) is 12.6 Å². The monoisotopic (exact) mass is 402 g/mol. The van der Waals surface area contributed by atoms with Gasteiger partial charge in [-0.25, -0.2) is 4.98 Å². The van der Waals surface area contributed by atoms with Crippen molar-refractivity contribution >= 4 is 28.0 Å². The zero-order chi connectivity index (χ0) is 20.5. The molecule has 0 spiro atoms. The van der Waals surface area contributed by atoms with Crippen LogP contribution in [0.1, 0.15) is 0 Å². The average Bonchev–Trinajstić information content (AvgIpc) is 3.22. The first-order valence-electron chi connectivity index (χ1n) is 9.01. The summed E-state index contributed by atoms with van der Waals surface area (Å²) in [6, 6.07) is 18.2. The van der Waals surface area contributed by atoms with E-state index in [1.165, 1.54) is 6.33 Å². The number of benzene rings is 3. The van der Waals surface area contributed by atoms with Gasteiger partial charge < -0.3 is 19.5 Å². The van der Waals surface area contributed by atoms with Crippen LogP contribution in [0.4, 0.5) is 17.2 Å². The third kappa shape index (κ3) is 3.18. The molecule has 1 aliphatic heterocycles. The number of nitro groups is 1. The van der Waals surface area contributed by atoms with Crippen molar-refractivity contribution in [3.8, 4) is 23.1 Å². The largest absolute Gasteiger partial charge is 0.454 e. The van der Waals surface area contributed by atoms with Crippen LogP contribution >= 0.6 is 0 Å². The van der Waals surface area contributed by atoms with Crippen LogP contribution < -0.4 is 19.5 Å². The molecule has 3 aromatic carbocycles. The standard InChI is InChI=1S/C21H14N4O5/c26-25(27)19-20(24-14-8-9-17-18(10-14)29-12-28-17)22-11-23-21(19)30-16-7-3-5-13-4-1-2-6-15(13)16/h1-11H,12H2,(H,22,23,24). The molecule has 2 heterocycles. The fourth-order valence-electron chi connectivity index (χ4n) is 3.19. The second kappa shape index (κ2) is 7.21. The minimum Gasteiger partial charge on any atom is -0.454 e. The van der Waals surface area contributed by atoms with Gasteiger partial charge in [0.1, 0.15) is 12.1 Å². The minimum atomic E-state index is -0.574. The molecule has 1 aliphatic rings. The second-order valence-corrected chi connectivity index (χ2v) is 6.41. The summed E-state index contributed by atoms with van der Waals surface area (Å²) >= 11 is 0. The van der Waals surface area contributed by atoms with Crippen LogP contribution in [0.5, 0.6) is 23.1 Å². The maximum Gasteiger partial charge on any atom is 0.373 e. The first kappa shape index (κ1) is 17.7. The van der Waals surface area contributed by atoms with Gasteiger partial charge in [-0.3, -0.25) is 10.1 Å². The maximum atomic E-state index is 11.8. The van der Waals surface area contributed by atoms with Crippen molar-refractivity contribution < 1.29 is 19.1 Å². The number of hydrogen-bond donors (Lipinski definition) is 1. The summed E-state index contributed by atoms with van der Waals surface area (Å²) in [6.45, 7) is 0.134. The van der Waals surface area contributed by atoms with E-state index in [1.54, 1.807) is 24.3 Å². The SMILES string of the molecule is O=[N+]([O-])c1c(Nc2ccc3c(c2)OCO3)ncnc1Oc1cccc2ccccc12. The lowest BCUT2D eigenvalue weighted by Crippen LogP contribution is -2.03. The van der Waals surface area contributed by atoms with Crippen LogP contribution in [0.3, 0.4) is 0 Å². The van der Waals surface area contributed by atoms with E-state index in [0.29, 0.717) is 22.9 Å². The smallest absolute Gasteiger partial charge is 0.373 e. The molecule has 0 fully saturated rings. The van der Waals surface area contributed by atoms with Gasteiger partial charge >= 0.3 is 11.6 Å². The van der Waals surface area contributed by atoms with E-state index in [0.717, 1.165) is 10.8 Å². The predicted octanol–water partition coefficient (Wildman–Crippen LogP) is 4.80. The topological polar surface area (TPSA) is 109 Å². The Kier molecular flexibility index (Phi) is 4.25. The molecule has 0 atom stereocenters. The second-order valence-electron chi connectivity index (χ2n) is 6.41. The number of aromatic nitrogens is 2. The summed E-state index contributed by atoms with van der Waals surface area (Å²) < 4.78 is 16.5. The van der Waals surface area contributed by atoms with Gasteiger partial charge in [0.15, 0.2) is 11.5 Å². The van der Waals surface area contributed by atoms with Gasteiger partial charge in [0, 0.05) is 17.1 Å². The van der Waals surface area contributed by atoms with Crippen molar-refractivity contribution in [1.29, 1.82) is 0 Å². The summed E-state index contributed by atoms with van der Waals surface area (Å²) in [4.78, 5) is 19.3. The van der Waals surface area contributed by atoms with E-state index < -0.39 is 4.92 Å². The molecule has 9 nitrogen and oxygen atoms in total. The van der Waals surface area contributed by atoms with E-state index in [1.807, 2.05) is 36.4 Å². The summed E-state index contributed by atoms with van der Waals surface area (Å²) in [6.07, 6.45) is 1.21. The lowest BCUT2D eigenvalue weighted by molar-refractivity contribution is -0.385. The van der Waals surface area contributed by atoms with Crippen molar-refractivity contribution in [3.63, 3.8) is 0 Å². The molecule has 0 unspecified atom stereocenters. The lowest BCUT2D eigenvalue weighted by atomic mass is 10.1. The highest BCUT2D eigenvalue weighted by molar-refractivity contribution is 5.88. The molecule has 148 valence electrons. The maximum absolute atomic E-state index is 11.8. The highest BCUT2D eigenvalue weighted by atomic mass is 16.7. The Labute approximate surface area is 170 Å². The minimum absolute atomic E-state index is 0.00380. The van der Waals surface area contributed by atoms with Crippen LogP contribution in [-0.2, 0) is 0 Å². The molecule has 9 heteroatoms. The molecular formula is C21H14N4O5. The van der Waals surface area contributed by atoms with Gasteiger partial charge in [-0.15, -0.1) is 0 Å². The van der Waals surface area contributed by atoms with E-state index in [2.05, 4.69) is 15.3 Å². The van der Waals surface area contributed by atoms with Crippen molar-refractivity contribution in [2.75, 3.05) is 12.1 Å². The first-order valence-corrected chi connectivity index (χ1v) is 9.01.